The summed E-state index contributed by atoms with van der Waals surface area (Å²) in [6, 6.07) is 21.6. The van der Waals surface area contributed by atoms with Gasteiger partial charge in [0, 0.05) is 6.54 Å². The van der Waals surface area contributed by atoms with Crippen LogP contribution in [0.15, 0.2) is 78.9 Å². The van der Waals surface area contributed by atoms with E-state index in [1.165, 1.54) is 18.2 Å². The zero-order valence-electron chi connectivity index (χ0n) is 16.6. The summed E-state index contributed by atoms with van der Waals surface area (Å²) < 4.78 is 18.5. The highest BCUT2D eigenvalue weighted by atomic mass is 19.1. The lowest BCUT2D eigenvalue weighted by Crippen LogP contribution is -2.28. The molecule has 0 bridgehead atoms. The molecule has 7 heteroatoms. The van der Waals surface area contributed by atoms with Crippen molar-refractivity contribution >= 4 is 23.5 Å². The number of para-hydroxylation sites is 1. The summed E-state index contributed by atoms with van der Waals surface area (Å²) in [7, 11) is 0. The molecule has 0 saturated heterocycles. The van der Waals surface area contributed by atoms with Crippen LogP contribution in [0.1, 0.15) is 26.3 Å². The molecule has 2 amide bonds. The number of anilines is 1. The highest BCUT2D eigenvalue weighted by Crippen LogP contribution is 2.15. The summed E-state index contributed by atoms with van der Waals surface area (Å²) >= 11 is 0. The normalized spacial score (nSPS) is 10.2. The van der Waals surface area contributed by atoms with E-state index in [0.717, 1.165) is 11.6 Å². The molecule has 6 nitrogen and oxygen atoms in total. The van der Waals surface area contributed by atoms with Gasteiger partial charge in [0.05, 0.1) is 16.8 Å². The predicted molar refractivity (Wildman–Crippen MR) is 114 cm³/mol. The fraction of sp³-hybridized carbons (Fsp3) is 0.125. The van der Waals surface area contributed by atoms with Crippen LogP contribution >= 0.6 is 0 Å². The largest absolute Gasteiger partial charge is 0.452 e. The van der Waals surface area contributed by atoms with Gasteiger partial charge < -0.3 is 15.4 Å². The van der Waals surface area contributed by atoms with Crippen LogP contribution in [0.4, 0.5) is 10.1 Å². The van der Waals surface area contributed by atoms with Crippen LogP contribution in [-0.4, -0.2) is 30.9 Å². The second kappa shape index (κ2) is 10.7. The van der Waals surface area contributed by atoms with Crippen molar-refractivity contribution in [3.05, 3.63) is 101 Å². The molecular weight excluding hydrogens is 399 g/mol. The summed E-state index contributed by atoms with van der Waals surface area (Å²) in [5, 5.41) is 5.37. The Morgan fingerprint density at radius 1 is 0.806 bits per heavy atom. The fourth-order valence-electron chi connectivity index (χ4n) is 2.87. The number of benzene rings is 3. The number of hydrogen-bond acceptors (Lipinski definition) is 4. The Hall–Kier alpha value is -4.00. The summed E-state index contributed by atoms with van der Waals surface area (Å²) in [5.74, 6) is -2.66. The van der Waals surface area contributed by atoms with Crippen molar-refractivity contribution < 1.29 is 23.5 Å². The maximum absolute atomic E-state index is 13.6. The van der Waals surface area contributed by atoms with E-state index in [-0.39, 0.29) is 22.7 Å². The van der Waals surface area contributed by atoms with E-state index in [1.54, 1.807) is 24.3 Å². The third-order valence-electron chi connectivity index (χ3n) is 4.42. The van der Waals surface area contributed by atoms with Crippen molar-refractivity contribution in [2.75, 3.05) is 18.5 Å². The molecule has 0 radical (unpaired) electrons. The molecule has 3 rings (SSSR count). The van der Waals surface area contributed by atoms with Gasteiger partial charge in [0.1, 0.15) is 5.82 Å². The number of carbonyl (C=O) groups excluding carboxylic acids is 3. The first kappa shape index (κ1) is 21.7. The van der Waals surface area contributed by atoms with Crippen LogP contribution in [0.25, 0.3) is 0 Å². The molecule has 0 heterocycles. The van der Waals surface area contributed by atoms with Crippen molar-refractivity contribution in [1.29, 1.82) is 0 Å². The Balaban J connectivity index is 1.54. The minimum Gasteiger partial charge on any atom is -0.452 e. The number of halogens is 1. The molecule has 0 aliphatic carbocycles. The van der Waals surface area contributed by atoms with Crippen molar-refractivity contribution in [1.82, 2.24) is 5.32 Å². The molecule has 0 unspecified atom stereocenters. The van der Waals surface area contributed by atoms with Gasteiger partial charge in [-0.3, -0.25) is 9.59 Å². The molecule has 3 aromatic carbocycles. The summed E-state index contributed by atoms with van der Waals surface area (Å²) in [6.45, 7) is -0.178. The Morgan fingerprint density at radius 3 is 2.19 bits per heavy atom. The lowest BCUT2D eigenvalue weighted by Gasteiger charge is -2.12. The number of nitrogens with one attached hydrogen (secondary N) is 2. The highest BCUT2D eigenvalue weighted by Gasteiger charge is 2.16. The monoisotopic (exact) mass is 420 g/mol. The Labute approximate surface area is 179 Å². The van der Waals surface area contributed by atoms with Gasteiger partial charge in [-0.1, -0.05) is 54.6 Å². The van der Waals surface area contributed by atoms with Crippen molar-refractivity contribution in [3.8, 4) is 0 Å². The first-order valence-electron chi connectivity index (χ1n) is 9.67. The molecule has 2 N–H and O–H groups in total. The summed E-state index contributed by atoms with van der Waals surface area (Å²) in [6.07, 6.45) is 0.674. The van der Waals surface area contributed by atoms with E-state index in [1.807, 2.05) is 30.3 Å². The Kier molecular flexibility index (Phi) is 7.48. The highest BCUT2D eigenvalue weighted by molar-refractivity contribution is 6.04. The van der Waals surface area contributed by atoms with Crippen LogP contribution in [0, 0.1) is 5.82 Å². The second-order valence-corrected chi connectivity index (χ2v) is 6.64. The molecule has 0 aromatic heterocycles. The van der Waals surface area contributed by atoms with E-state index in [2.05, 4.69) is 10.6 Å². The smallest absolute Gasteiger partial charge is 0.341 e. The fourth-order valence-corrected chi connectivity index (χ4v) is 2.87. The first-order chi connectivity index (χ1) is 15.0. The van der Waals surface area contributed by atoms with Crippen LogP contribution in [0.5, 0.6) is 0 Å². The molecule has 0 atom stereocenters. The molecule has 31 heavy (non-hydrogen) atoms. The van der Waals surface area contributed by atoms with E-state index < -0.39 is 24.3 Å². The minimum absolute atomic E-state index is 0.256. The first-order valence-corrected chi connectivity index (χ1v) is 9.67. The zero-order valence-corrected chi connectivity index (χ0v) is 16.6. The van der Waals surface area contributed by atoms with E-state index in [9.17, 15) is 18.8 Å². The molecule has 158 valence electrons. The molecule has 0 saturated carbocycles. The third kappa shape index (κ3) is 6.24. The Bertz CT molecular complexity index is 1070. The lowest BCUT2D eigenvalue weighted by atomic mass is 10.1. The van der Waals surface area contributed by atoms with Crippen LogP contribution in [0.3, 0.4) is 0 Å². The van der Waals surface area contributed by atoms with E-state index in [0.29, 0.717) is 13.0 Å². The van der Waals surface area contributed by atoms with Crippen molar-refractivity contribution in [2.45, 2.75) is 6.42 Å². The second-order valence-electron chi connectivity index (χ2n) is 6.64. The Morgan fingerprint density at radius 2 is 1.45 bits per heavy atom. The molecule has 0 aliphatic rings. The molecule has 0 fully saturated rings. The van der Waals surface area contributed by atoms with Crippen LogP contribution in [-0.2, 0) is 16.0 Å². The van der Waals surface area contributed by atoms with Crippen LogP contribution in [0.2, 0.25) is 0 Å². The van der Waals surface area contributed by atoms with Gasteiger partial charge in [0.2, 0.25) is 0 Å². The maximum atomic E-state index is 13.6. The summed E-state index contributed by atoms with van der Waals surface area (Å²) in [4.78, 5) is 36.7. The van der Waals surface area contributed by atoms with Gasteiger partial charge >= 0.3 is 5.97 Å². The van der Waals surface area contributed by atoms with Crippen molar-refractivity contribution in [3.63, 3.8) is 0 Å². The average Bonchev–Trinajstić information content (AvgIpc) is 2.79. The number of hydrogen-bond donors (Lipinski definition) is 2. The van der Waals surface area contributed by atoms with Gasteiger partial charge in [0.15, 0.2) is 6.61 Å². The molecule has 0 spiro atoms. The minimum atomic E-state index is -0.944. The number of amides is 2. The third-order valence-corrected chi connectivity index (χ3v) is 4.42. The van der Waals surface area contributed by atoms with Gasteiger partial charge in [-0.2, -0.15) is 0 Å². The van der Waals surface area contributed by atoms with Gasteiger partial charge in [-0.05, 0) is 36.2 Å². The standard InChI is InChI=1S/C24H21FN2O4/c25-20-12-6-4-10-18(20)24(30)31-16-22(28)27-21-13-7-5-11-19(21)23(29)26-15-14-17-8-2-1-3-9-17/h1-13H,14-16H2,(H,26,29)(H,27,28). The van der Waals surface area contributed by atoms with Crippen molar-refractivity contribution in [2.24, 2.45) is 0 Å². The molecule has 0 aliphatic heterocycles. The van der Waals surface area contributed by atoms with Crippen LogP contribution < -0.4 is 10.6 Å². The SMILES string of the molecule is O=C(COC(=O)c1ccccc1F)Nc1ccccc1C(=O)NCCc1ccccc1. The predicted octanol–water partition coefficient (Wildman–Crippen LogP) is 3.59. The zero-order chi connectivity index (χ0) is 22.1. The number of ether oxygens (including phenoxy) is 1. The lowest BCUT2D eigenvalue weighted by molar-refractivity contribution is -0.119. The quantitative estimate of drug-likeness (QED) is 0.546. The average molecular weight is 420 g/mol. The van der Waals surface area contributed by atoms with Gasteiger partial charge in [0.25, 0.3) is 11.8 Å². The van der Waals surface area contributed by atoms with Gasteiger partial charge in [-0.15, -0.1) is 0 Å². The van der Waals surface area contributed by atoms with E-state index in [4.69, 9.17) is 4.74 Å². The van der Waals surface area contributed by atoms with Gasteiger partial charge in [-0.25, -0.2) is 9.18 Å². The molecule has 3 aromatic rings. The molecular formula is C24H21FN2O4. The van der Waals surface area contributed by atoms with E-state index >= 15 is 0 Å². The maximum Gasteiger partial charge on any atom is 0.341 e. The summed E-state index contributed by atoms with van der Waals surface area (Å²) in [5.41, 5.74) is 1.41. The topological polar surface area (TPSA) is 84.5 Å². The number of rotatable bonds is 8. The number of esters is 1. The number of carbonyl (C=O) groups is 3.